The summed E-state index contributed by atoms with van der Waals surface area (Å²) in [7, 11) is 0. The van der Waals surface area contributed by atoms with Gasteiger partial charge in [0.15, 0.2) is 6.10 Å². The number of hydrogen-bond acceptors (Lipinski definition) is 2. The van der Waals surface area contributed by atoms with Crippen molar-refractivity contribution >= 4 is 5.91 Å². The molecular weight excluding hydrogens is 285 g/mol. The van der Waals surface area contributed by atoms with Gasteiger partial charge >= 0.3 is 6.18 Å². The number of carbonyl (C=O) groups is 1. The number of nitrogens with zero attached hydrogens (tertiary/aromatic N) is 1. The molecule has 7 heteroatoms. The van der Waals surface area contributed by atoms with Crippen LogP contribution in [-0.2, 0) is 0 Å². The van der Waals surface area contributed by atoms with Crippen molar-refractivity contribution in [2.75, 3.05) is 6.54 Å². The molecule has 2 rings (SSSR count). The first-order valence-electron chi connectivity index (χ1n) is 6.14. The molecule has 1 amide bonds. The Morgan fingerprint density at radius 3 is 2.29 bits per heavy atom. The molecule has 0 spiro atoms. The van der Waals surface area contributed by atoms with Gasteiger partial charge in [-0.1, -0.05) is 0 Å². The van der Waals surface area contributed by atoms with Crippen molar-refractivity contribution in [3.05, 3.63) is 54.4 Å². The van der Waals surface area contributed by atoms with Crippen molar-refractivity contribution in [2.24, 2.45) is 0 Å². The van der Waals surface area contributed by atoms with Gasteiger partial charge in [0, 0.05) is 23.6 Å². The normalized spacial score (nSPS) is 13.0. The van der Waals surface area contributed by atoms with Crippen LogP contribution in [0.25, 0.3) is 5.69 Å². The maximum absolute atomic E-state index is 12.1. The zero-order chi connectivity index (χ0) is 15.5. The third-order valence-electron chi connectivity index (χ3n) is 2.87. The van der Waals surface area contributed by atoms with Gasteiger partial charge in [-0.25, -0.2) is 0 Å². The standard InChI is InChI=1S/C14H13F3N2O2/c15-14(16,17)12(20)9-18-13(21)10-3-5-11(6-4-10)19-7-1-2-8-19/h1-8,12,20H,9H2,(H,18,21). The number of hydrogen-bond donors (Lipinski definition) is 2. The molecule has 4 nitrogen and oxygen atoms in total. The van der Waals surface area contributed by atoms with E-state index in [1.807, 2.05) is 34.4 Å². The van der Waals surface area contributed by atoms with Gasteiger partial charge in [-0.3, -0.25) is 4.79 Å². The smallest absolute Gasteiger partial charge is 0.382 e. The number of halogens is 3. The first-order chi connectivity index (χ1) is 9.88. The van der Waals surface area contributed by atoms with Crippen molar-refractivity contribution in [3.8, 4) is 5.69 Å². The number of carbonyl (C=O) groups excluding carboxylic acids is 1. The van der Waals surface area contributed by atoms with Crippen LogP contribution >= 0.6 is 0 Å². The average Bonchev–Trinajstić information content (AvgIpc) is 2.97. The molecule has 1 aromatic carbocycles. The fourth-order valence-corrected chi connectivity index (χ4v) is 1.70. The average molecular weight is 298 g/mol. The van der Waals surface area contributed by atoms with Gasteiger partial charge in [-0.05, 0) is 36.4 Å². The number of alkyl halides is 3. The zero-order valence-corrected chi connectivity index (χ0v) is 10.8. The summed E-state index contributed by atoms with van der Waals surface area (Å²) in [5.74, 6) is -0.669. The molecule has 0 aliphatic rings. The van der Waals surface area contributed by atoms with Crippen LogP contribution in [0.5, 0.6) is 0 Å². The van der Waals surface area contributed by atoms with E-state index in [-0.39, 0.29) is 5.56 Å². The Morgan fingerprint density at radius 1 is 1.19 bits per heavy atom. The lowest BCUT2D eigenvalue weighted by Crippen LogP contribution is -2.40. The van der Waals surface area contributed by atoms with Crippen LogP contribution in [0.1, 0.15) is 10.4 Å². The maximum Gasteiger partial charge on any atom is 0.416 e. The minimum absolute atomic E-state index is 0.222. The van der Waals surface area contributed by atoms with E-state index in [0.717, 1.165) is 5.69 Å². The first kappa shape index (κ1) is 15.1. The second-order valence-corrected chi connectivity index (χ2v) is 4.40. The summed E-state index contributed by atoms with van der Waals surface area (Å²) in [5, 5.41) is 10.9. The minimum atomic E-state index is -4.74. The van der Waals surface area contributed by atoms with Crippen LogP contribution in [0.4, 0.5) is 13.2 Å². The molecule has 2 N–H and O–H groups in total. The van der Waals surface area contributed by atoms with Gasteiger partial charge in [-0.15, -0.1) is 0 Å². The molecule has 0 saturated heterocycles. The summed E-state index contributed by atoms with van der Waals surface area (Å²) < 4.78 is 38.2. The molecule has 112 valence electrons. The van der Waals surface area contributed by atoms with E-state index in [2.05, 4.69) is 0 Å². The second kappa shape index (κ2) is 6.01. The summed E-state index contributed by atoms with van der Waals surface area (Å²) in [5.41, 5.74) is 1.05. The number of benzene rings is 1. The number of aromatic nitrogens is 1. The van der Waals surface area contributed by atoms with Gasteiger partial charge in [0.05, 0.1) is 6.54 Å². The summed E-state index contributed by atoms with van der Waals surface area (Å²) in [6.45, 7) is -0.873. The maximum atomic E-state index is 12.1. The highest BCUT2D eigenvalue weighted by Gasteiger charge is 2.38. The minimum Gasteiger partial charge on any atom is -0.382 e. The summed E-state index contributed by atoms with van der Waals surface area (Å²) in [4.78, 5) is 11.7. The van der Waals surface area contributed by atoms with Crippen LogP contribution in [0.15, 0.2) is 48.8 Å². The Bertz CT molecular complexity index is 592. The molecular formula is C14H13F3N2O2. The Labute approximate surface area is 118 Å². The van der Waals surface area contributed by atoms with E-state index in [9.17, 15) is 18.0 Å². The molecule has 0 aliphatic heterocycles. The van der Waals surface area contributed by atoms with E-state index in [1.54, 1.807) is 12.1 Å². The van der Waals surface area contributed by atoms with Crippen molar-refractivity contribution in [1.29, 1.82) is 0 Å². The quantitative estimate of drug-likeness (QED) is 0.908. The lowest BCUT2D eigenvalue weighted by Gasteiger charge is -2.15. The van der Waals surface area contributed by atoms with Crippen LogP contribution in [-0.4, -0.2) is 34.4 Å². The summed E-state index contributed by atoms with van der Waals surface area (Å²) in [6.07, 6.45) is -3.66. The van der Waals surface area contributed by atoms with E-state index in [0.29, 0.717) is 0 Å². The van der Waals surface area contributed by atoms with Gasteiger partial charge in [0.2, 0.25) is 0 Å². The van der Waals surface area contributed by atoms with Crippen LogP contribution in [0.3, 0.4) is 0 Å². The molecule has 0 saturated carbocycles. The van der Waals surface area contributed by atoms with Gasteiger partial charge in [-0.2, -0.15) is 13.2 Å². The van der Waals surface area contributed by atoms with Crippen molar-refractivity contribution in [2.45, 2.75) is 12.3 Å². The second-order valence-electron chi connectivity index (χ2n) is 4.40. The van der Waals surface area contributed by atoms with Crippen molar-refractivity contribution in [1.82, 2.24) is 9.88 Å². The largest absolute Gasteiger partial charge is 0.416 e. The Balaban J connectivity index is 1.97. The third kappa shape index (κ3) is 3.85. The van der Waals surface area contributed by atoms with Gasteiger partial charge < -0.3 is 15.0 Å². The summed E-state index contributed by atoms with van der Waals surface area (Å²) in [6, 6.07) is 10.1. The number of rotatable bonds is 4. The molecule has 21 heavy (non-hydrogen) atoms. The van der Waals surface area contributed by atoms with E-state index in [4.69, 9.17) is 5.11 Å². The molecule has 1 aromatic heterocycles. The van der Waals surface area contributed by atoms with Gasteiger partial charge in [0.25, 0.3) is 5.91 Å². The highest BCUT2D eigenvalue weighted by molar-refractivity contribution is 5.94. The molecule has 1 heterocycles. The van der Waals surface area contributed by atoms with E-state index < -0.39 is 24.7 Å². The van der Waals surface area contributed by atoms with Crippen LogP contribution < -0.4 is 5.32 Å². The van der Waals surface area contributed by atoms with Gasteiger partial charge in [0.1, 0.15) is 0 Å². The third-order valence-corrected chi connectivity index (χ3v) is 2.87. The molecule has 1 atom stereocenters. The Morgan fingerprint density at radius 2 is 1.76 bits per heavy atom. The molecule has 1 unspecified atom stereocenters. The first-order valence-corrected chi connectivity index (χ1v) is 6.14. The lowest BCUT2D eigenvalue weighted by molar-refractivity contribution is -0.201. The zero-order valence-electron chi connectivity index (χ0n) is 10.8. The highest BCUT2D eigenvalue weighted by Crippen LogP contribution is 2.19. The fourth-order valence-electron chi connectivity index (χ4n) is 1.70. The SMILES string of the molecule is O=C(NCC(O)C(F)(F)F)c1ccc(-n2cccc2)cc1. The topological polar surface area (TPSA) is 54.3 Å². The fraction of sp³-hybridized carbons (Fsp3) is 0.214. The van der Waals surface area contributed by atoms with Crippen LogP contribution in [0, 0.1) is 0 Å². The predicted octanol–water partition coefficient (Wildman–Crippen LogP) is 2.13. The van der Waals surface area contributed by atoms with E-state index >= 15 is 0 Å². The Hall–Kier alpha value is -2.28. The molecule has 0 bridgehead atoms. The predicted molar refractivity (Wildman–Crippen MR) is 70.2 cm³/mol. The molecule has 2 aromatic rings. The van der Waals surface area contributed by atoms with Crippen molar-refractivity contribution < 1.29 is 23.1 Å². The Kier molecular flexibility index (Phi) is 4.32. The molecule has 0 aliphatic carbocycles. The lowest BCUT2D eigenvalue weighted by atomic mass is 10.2. The highest BCUT2D eigenvalue weighted by atomic mass is 19.4. The monoisotopic (exact) mass is 298 g/mol. The number of aliphatic hydroxyl groups is 1. The van der Waals surface area contributed by atoms with Crippen molar-refractivity contribution in [3.63, 3.8) is 0 Å². The molecule has 0 radical (unpaired) electrons. The van der Waals surface area contributed by atoms with E-state index in [1.165, 1.54) is 12.1 Å². The number of nitrogens with one attached hydrogen (secondary N) is 1. The van der Waals surface area contributed by atoms with Crippen LogP contribution in [0.2, 0.25) is 0 Å². The number of amides is 1. The summed E-state index contributed by atoms with van der Waals surface area (Å²) >= 11 is 0. The number of aliphatic hydroxyl groups excluding tert-OH is 1. The molecule has 0 fully saturated rings.